The van der Waals surface area contributed by atoms with Crippen molar-refractivity contribution in [2.75, 3.05) is 32.1 Å². The Morgan fingerprint density at radius 1 is 1.42 bits per heavy atom. The molecule has 0 aliphatic heterocycles. The van der Waals surface area contributed by atoms with E-state index in [4.69, 9.17) is 5.73 Å². The lowest BCUT2D eigenvalue weighted by molar-refractivity contribution is -0.128. The maximum Gasteiger partial charge on any atom is 0.222 e. The molecule has 2 N–H and O–H groups in total. The summed E-state index contributed by atoms with van der Waals surface area (Å²) < 4.78 is 0. The maximum atomic E-state index is 11.1. The lowest BCUT2D eigenvalue weighted by atomic mass is 10.3. The van der Waals surface area contributed by atoms with Crippen molar-refractivity contribution in [3.63, 3.8) is 0 Å². The lowest BCUT2D eigenvalue weighted by Gasteiger charge is -2.09. The Labute approximate surface area is 78.7 Å². The van der Waals surface area contributed by atoms with Gasteiger partial charge < -0.3 is 10.6 Å². The highest BCUT2D eigenvalue weighted by molar-refractivity contribution is 7.99. The van der Waals surface area contributed by atoms with Crippen LogP contribution in [-0.2, 0) is 4.79 Å². The van der Waals surface area contributed by atoms with Crippen LogP contribution in [0.5, 0.6) is 0 Å². The summed E-state index contributed by atoms with van der Waals surface area (Å²) in [5, 5.41) is 0. The van der Waals surface area contributed by atoms with Gasteiger partial charge in [0.2, 0.25) is 5.91 Å². The first kappa shape index (κ1) is 11.8. The number of hydrogen-bond donors (Lipinski definition) is 1. The second-order valence-corrected chi connectivity index (χ2v) is 4.02. The van der Waals surface area contributed by atoms with Crippen LogP contribution in [0.2, 0.25) is 0 Å². The summed E-state index contributed by atoms with van der Waals surface area (Å²) in [5.41, 5.74) is 5.32. The number of nitrogens with two attached hydrogens (primary N) is 1. The van der Waals surface area contributed by atoms with E-state index in [0.717, 1.165) is 24.5 Å². The van der Waals surface area contributed by atoms with Crippen LogP contribution >= 0.6 is 11.8 Å². The minimum absolute atomic E-state index is 0.211. The first-order valence-corrected chi connectivity index (χ1v) is 5.32. The molecule has 0 atom stereocenters. The molecule has 0 spiro atoms. The summed E-state index contributed by atoms with van der Waals surface area (Å²) in [6.45, 7) is 0.728. The van der Waals surface area contributed by atoms with Crippen molar-refractivity contribution in [3.8, 4) is 0 Å². The highest BCUT2D eigenvalue weighted by Crippen LogP contribution is 2.03. The third-order valence-electron chi connectivity index (χ3n) is 1.44. The van der Waals surface area contributed by atoms with Crippen LogP contribution in [-0.4, -0.2) is 43.0 Å². The molecule has 0 radical (unpaired) electrons. The summed E-state index contributed by atoms with van der Waals surface area (Å²) in [6, 6.07) is 0. The monoisotopic (exact) mass is 190 g/mol. The van der Waals surface area contributed by atoms with Gasteiger partial charge in [-0.15, -0.1) is 0 Å². The number of carbonyl (C=O) groups excluding carboxylic acids is 1. The minimum Gasteiger partial charge on any atom is -0.349 e. The fourth-order valence-electron chi connectivity index (χ4n) is 0.734. The van der Waals surface area contributed by atoms with Crippen molar-refractivity contribution in [2.24, 2.45) is 5.73 Å². The fourth-order valence-corrected chi connectivity index (χ4v) is 1.45. The van der Waals surface area contributed by atoms with Crippen molar-refractivity contribution >= 4 is 17.7 Å². The molecule has 0 aromatic heterocycles. The zero-order valence-corrected chi connectivity index (χ0v) is 8.69. The number of carbonyl (C=O) groups is 1. The van der Waals surface area contributed by atoms with Crippen molar-refractivity contribution < 1.29 is 4.79 Å². The van der Waals surface area contributed by atoms with Crippen molar-refractivity contribution in [3.05, 3.63) is 0 Å². The van der Waals surface area contributed by atoms with Gasteiger partial charge in [-0.1, -0.05) is 0 Å². The van der Waals surface area contributed by atoms with Crippen molar-refractivity contribution in [1.82, 2.24) is 4.90 Å². The molecule has 0 saturated carbocycles. The Balaban J connectivity index is 3.14. The Morgan fingerprint density at radius 2 is 2.08 bits per heavy atom. The summed E-state index contributed by atoms with van der Waals surface area (Å²) in [7, 11) is 3.57. The maximum absolute atomic E-state index is 11.1. The number of hydrogen-bond acceptors (Lipinski definition) is 3. The van der Waals surface area contributed by atoms with E-state index in [1.54, 1.807) is 19.0 Å². The molecule has 4 heteroatoms. The van der Waals surface area contributed by atoms with Gasteiger partial charge in [0.1, 0.15) is 0 Å². The second kappa shape index (κ2) is 7.43. The molecule has 12 heavy (non-hydrogen) atoms. The van der Waals surface area contributed by atoms with Crippen LogP contribution < -0.4 is 5.73 Å². The molecule has 0 fully saturated rings. The second-order valence-electron chi connectivity index (χ2n) is 2.79. The van der Waals surface area contributed by atoms with Gasteiger partial charge in [-0.2, -0.15) is 11.8 Å². The van der Waals surface area contributed by atoms with Gasteiger partial charge in [0.25, 0.3) is 0 Å². The SMILES string of the molecule is CN(C)C(=O)CCCSCCN. The van der Waals surface area contributed by atoms with Gasteiger partial charge in [0.15, 0.2) is 0 Å². The van der Waals surface area contributed by atoms with Crippen LogP contribution in [0.3, 0.4) is 0 Å². The quantitative estimate of drug-likeness (QED) is 0.622. The average molecular weight is 190 g/mol. The molecule has 0 heterocycles. The molecular weight excluding hydrogens is 172 g/mol. The van der Waals surface area contributed by atoms with Crippen LogP contribution in [0.1, 0.15) is 12.8 Å². The van der Waals surface area contributed by atoms with E-state index in [9.17, 15) is 4.79 Å². The first-order chi connectivity index (χ1) is 5.68. The standard InChI is InChI=1S/C8H18N2OS/c1-10(2)8(11)4-3-6-12-7-5-9/h3-7,9H2,1-2H3. The van der Waals surface area contributed by atoms with Gasteiger partial charge >= 0.3 is 0 Å². The molecule has 3 nitrogen and oxygen atoms in total. The van der Waals surface area contributed by atoms with Gasteiger partial charge in [0.05, 0.1) is 0 Å². The molecule has 0 saturated heterocycles. The molecule has 72 valence electrons. The molecular formula is C8H18N2OS. The van der Waals surface area contributed by atoms with E-state index >= 15 is 0 Å². The number of thioether (sulfide) groups is 1. The third-order valence-corrected chi connectivity index (χ3v) is 2.54. The van der Waals surface area contributed by atoms with E-state index < -0.39 is 0 Å². The van der Waals surface area contributed by atoms with Crippen LogP contribution in [0.25, 0.3) is 0 Å². The molecule has 0 aliphatic carbocycles. The van der Waals surface area contributed by atoms with E-state index in [-0.39, 0.29) is 5.91 Å². The van der Waals surface area contributed by atoms with E-state index in [1.165, 1.54) is 0 Å². The number of nitrogens with zero attached hydrogens (tertiary/aromatic N) is 1. The Hall–Kier alpha value is -0.220. The Morgan fingerprint density at radius 3 is 2.58 bits per heavy atom. The van der Waals surface area contributed by atoms with Crippen molar-refractivity contribution in [1.29, 1.82) is 0 Å². The van der Waals surface area contributed by atoms with E-state index in [1.807, 2.05) is 11.8 Å². The normalized spacial score (nSPS) is 9.92. The summed E-state index contributed by atoms with van der Waals surface area (Å²) in [6.07, 6.45) is 1.62. The molecule has 0 aromatic rings. The predicted octanol–water partition coefficient (Wildman–Crippen LogP) is 0.547. The van der Waals surface area contributed by atoms with Crippen LogP contribution in [0.15, 0.2) is 0 Å². The molecule has 0 aliphatic rings. The first-order valence-electron chi connectivity index (χ1n) is 4.16. The smallest absolute Gasteiger partial charge is 0.222 e. The average Bonchev–Trinajstić information content (AvgIpc) is 2.03. The molecule has 1 amide bonds. The minimum atomic E-state index is 0.211. The largest absolute Gasteiger partial charge is 0.349 e. The lowest BCUT2D eigenvalue weighted by Crippen LogP contribution is -2.21. The van der Waals surface area contributed by atoms with Crippen LogP contribution in [0, 0.1) is 0 Å². The van der Waals surface area contributed by atoms with Crippen molar-refractivity contribution in [2.45, 2.75) is 12.8 Å². The molecule has 0 rings (SSSR count). The Kier molecular flexibility index (Phi) is 7.29. The fraction of sp³-hybridized carbons (Fsp3) is 0.875. The molecule has 0 bridgehead atoms. The molecule has 0 unspecified atom stereocenters. The van der Waals surface area contributed by atoms with E-state index in [0.29, 0.717) is 6.42 Å². The third kappa shape index (κ3) is 6.49. The highest BCUT2D eigenvalue weighted by Gasteiger charge is 2.01. The number of rotatable bonds is 6. The van der Waals surface area contributed by atoms with Gasteiger partial charge in [-0.05, 0) is 12.2 Å². The summed E-state index contributed by atoms with van der Waals surface area (Å²) in [5.74, 6) is 2.25. The van der Waals surface area contributed by atoms with Gasteiger partial charge in [-0.3, -0.25) is 4.79 Å². The zero-order chi connectivity index (χ0) is 9.40. The van der Waals surface area contributed by atoms with Gasteiger partial charge in [0, 0.05) is 32.8 Å². The zero-order valence-electron chi connectivity index (χ0n) is 7.88. The Bertz CT molecular complexity index is 128. The topological polar surface area (TPSA) is 46.3 Å². The van der Waals surface area contributed by atoms with Crippen LogP contribution in [0.4, 0.5) is 0 Å². The predicted molar refractivity (Wildman–Crippen MR) is 54.3 cm³/mol. The summed E-state index contributed by atoms with van der Waals surface area (Å²) in [4.78, 5) is 12.7. The van der Waals surface area contributed by atoms with E-state index in [2.05, 4.69) is 0 Å². The number of amides is 1. The highest BCUT2D eigenvalue weighted by atomic mass is 32.2. The molecule has 0 aromatic carbocycles. The summed E-state index contributed by atoms with van der Waals surface area (Å²) >= 11 is 1.81. The van der Waals surface area contributed by atoms with Gasteiger partial charge in [-0.25, -0.2) is 0 Å².